The summed E-state index contributed by atoms with van der Waals surface area (Å²) >= 11 is 2.67. The third-order valence-corrected chi connectivity index (χ3v) is 4.55. The minimum Gasteiger partial charge on any atom is -0.416 e. The minimum absolute atomic E-state index is 0.145. The zero-order chi connectivity index (χ0) is 15.5. The monoisotopic (exact) mass is 334 g/mol. The lowest BCUT2D eigenvalue weighted by Crippen LogP contribution is -2.13. The highest BCUT2D eigenvalue weighted by molar-refractivity contribution is 7.99. The first-order valence-corrected chi connectivity index (χ1v) is 8.53. The predicted octanol–water partition coefficient (Wildman–Crippen LogP) is 3.53. The van der Waals surface area contributed by atoms with Crippen molar-refractivity contribution in [3.63, 3.8) is 0 Å². The third kappa shape index (κ3) is 3.45. The van der Waals surface area contributed by atoms with Gasteiger partial charge >= 0.3 is 0 Å². The Balaban J connectivity index is 1.57. The number of carbonyl (C=O) groups is 1. The van der Waals surface area contributed by atoms with Gasteiger partial charge in [-0.1, -0.05) is 49.1 Å². The van der Waals surface area contributed by atoms with Gasteiger partial charge in [-0.05, 0) is 12.1 Å². The van der Waals surface area contributed by atoms with Crippen LogP contribution in [0.4, 0.5) is 5.13 Å². The van der Waals surface area contributed by atoms with Crippen molar-refractivity contribution in [2.45, 2.75) is 25.0 Å². The van der Waals surface area contributed by atoms with Gasteiger partial charge in [0, 0.05) is 5.92 Å². The number of benzene rings is 1. The summed E-state index contributed by atoms with van der Waals surface area (Å²) in [6.45, 7) is 3.95. The molecular weight excluding hydrogens is 320 g/mol. The van der Waals surface area contributed by atoms with Crippen molar-refractivity contribution in [1.82, 2.24) is 15.2 Å². The largest absolute Gasteiger partial charge is 0.416 e. The average molecular weight is 334 g/mol. The fourth-order valence-corrected chi connectivity index (χ4v) is 3.17. The van der Waals surface area contributed by atoms with E-state index in [0.717, 1.165) is 10.2 Å². The number of fused-ring (bicyclic) bond motifs is 1. The van der Waals surface area contributed by atoms with Gasteiger partial charge in [-0.25, -0.2) is 4.98 Å². The molecule has 0 aliphatic carbocycles. The number of thiazole rings is 1. The molecule has 0 radical (unpaired) electrons. The van der Waals surface area contributed by atoms with E-state index in [1.165, 1.54) is 23.1 Å². The van der Waals surface area contributed by atoms with Crippen LogP contribution < -0.4 is 5.32 Å². The standard InChI is InChI=1S/C14H14N4O2S2/c1-8(2)12-17-18-14(20-12)21-7-11(19)16-13-15-9-5-3-4-6-10(9)22-13/h3-6,8H,7H2,1-2H3,(H,15,16,19). The van der Waals surface area contributed by atoms with Crippen LogP contribution in [0, 0.1) is 0 Å². The Kier molecular flexibility index (Phi) is 4.39. The molecule has 3 rings (SSSR count). The van der Waals surface area contributed by atoms with E-state index in [1.807, 2.05) is 38.1 Å². The lowest BCUT2D eigenvalue weighted by molar-refractivity contribution is -0.113. The zero-order valence-electron chi connectivity index (χ0n) is 12.1. The number of hydrogen-bond acceptors (Lipinski definition) is 7. The van der Waals surface area contributed by atoms with Crippen LogP contribution in [0.5, 0.6) is 0 Å². The van der Waals surface area contributed by atoms with Gasteiger partial charge < -0.3 is 9.73 Å². The highest BCUT2D eigenvalue weighted by atomic mass is 32.2. The molecular formula is C14H14N4O2S2. The van der Waals surface area contributed by atoms with Crippen LogP contribution in [-0.4, -0.2) is 26.8 Å². The van der Waals surface area contributed by atoms with E-state index in [0.29, 0.717) is 16.2 Å². The van der Waals surface area contributed by atoms with Gasteiger partial charge in [-0.2, -0.15) is 0 Å². The Hall–Kier alpha value is -1.93. The van der Waals surface area contributed by atoms with E-state index in [9.17, 15) is 4.79 Å². The summed E-state index contributed by atoms with van der Waals surface area (Å²) in [5.41, 5.74) is 0.883. The van der Waals surface area contributed by atoms with E-state index in [1.54, 1.807) is 0 Å². The Labute approximate surface area is 135 Å². The number of rotatable bonds is 5. The zero-order valence-corrected chi connectivity index (χ0v) is 13.7. The maximum atomic E-state index is 11.9. The fraction of sp³-hybridized carbons (Fsp3) is 0.286. The van der Waals surface area contributed by atoms with Gasteiger partial charge in [0.1, 0.15) is 0 Å². The van der Waals surface area contributed by atoms with E-state index in [2.05, 4.69) is 20.5 Å². The van der Waals surface area contributed by atoms with Crippen molar-refractivity contribution in [2.75, 3.05) is 11.1 Å². The van der Waals surface area contributed by atoms with E-state index in [4.69, 9.17) is 4.42 Å². The number of amides is 1. The summed E-state index contributed by atoms with van der Waals surface area (Å²) in [7, 11) is 0. The number of nitrogens with one attached hydrogen (secondary N) is 1. The molecule has 114 valence electrons. The Bertz CT molecular complexity index is 764. The lowest BCUT2D eigenvalue weighted by atomic mass is 10.2. The topological polar surface area (TPSA) is 80.9 Å². The smallest absolute Gasteiger partial charge is 0.277 e. The molecule has 22 heavy (non-hydrogen) atoms. The summed E-state index contributed by atoms with van der Waals surface area (Å²) in [5, 5.41) is 11.6. The molecule has 0 aliphatic heterocycles. The van der Waals surface area contributed by atoms with Gasteiger partial charge in [0.25, 0.3) is 5.22 Å². The van der Waals surface area contributed by atoms with Crippen LogP contribution in [0.1, 0.15) is 25.7 Å². The normalized spacial score (nSPS) is 11.2. The predicted molar refractivity (Wildman–Crippen MR) is 87.4 cm³/mol. The molecule has 0 bridgehead atoms. The lowest BCUT2D eigenvalue weighted by Gasteiger charge is -1.98. The van der Waals surface area contributed by atoms with Crippen LogP contribution in [0.3, 0.4) is 0 Å². The van der Waals surface area contributed by atoms with Crippen LogP contribution in [0.15, 0.2) is 33.9 Å². The van der Waals surface area contributed by atoms with Gasteiger partial charge in [0.15, 0.2) is 5.13 Å². The maximum absolute atomic E-state index is 11.9. The van der Waals surface area contributed by atoms with Crippen molar-refractivity contribution in [3.8, 4) is 0 Å². The Morgan fingerprint density at radius 2 is 2.18 bits per heavy atom. The SMILES string of the molecule is CC(C)c1nnc(SCC(=O)Nc2nc3ccccc3s2)o1. The second kappa shape index (κ2) is 6.45. The number of para-hydroxylation sites is 1. The molecule has 2 aromatic heterocycles. The summed E-state index contributed by atoms with van der Waals surface area (Å²) in [6.07, 6.45) is 0. The Morgan fingerprint density at radius 3 is 2.91 bits per heavy atom. The highest BCUT2D eigenvalue weighted by Gasteiger charge is 2.13. The number of nitrogens with zero attached hydrogens (tertiary/aromatic N) is 3. The highest BCUT2D eigenvalue weighted by Crippen LogP contribution is 2.26. The first-order chi connectivity index (χ1) is 10.6. The fourth-order valence-electron chi connectivity index (χ4n) is 1.72. The number of anilines is 1. The molecule has 0 spiro atoms. The van der Waals surface area contributed by atoms with E-state index in [-0.39, 0.29) is 17.6 Å². The summed E-state index contributed by atoms with van der Waals surface area (Å²) in [5.74, 6) is 0.816. The van der Waals surface area contributed by atoms with Gasteiger partial charge in [0.2, 0.25) is 11.8 Å². The minimum atomic E-state index is -0.145. The molecule has 0 atom stereocenters. The Morgan fingerprint density at radius 1 is 1.36 bits per heavy atom. The molecule has 3 aromatic rings. The molecule has 0 aliphatic rings. The van der Waals surface area contributed by atoms with E-state index >= 15 is 0 Å². The molecule has 6 nitrogen and oxygen atoms in total. The molecule has 1 aromatic carbocycles. The summed E-state index contributed by atoms with van der Waals surface area (Å²) in [4.78, 5) is 16.3. The quantitative estimate of drug-likeness (QED) is 0.719. The van der Waals surface area contributed by atoms with Crippen LogP contribution in [0.2, 0.25) is 0 Å². The van der Waals surface area contributed by atoms with Crippen molar-refractivity contribution >= 4 is 44.4 Å². The van der Waals surface area contributed by atoms with E-state index < -0.39 is 0 Å². The molecule has 2 heterocycles. The summed E-state index contributed by atoms with van der Waals surface area (Å²) < 4.78 is 6.49. The molecule has 8 heteroatoms. The van der Waals surface area contributed by atoms with Crippen LogP contribution in [-0.2, 0) is 4.79 Å². The van der Waals surface area contributed by atoms with Crippen LogP contribution in [0.25, 0.3) is 10.2 Å². The average Bonchev–Trinajstić information content (AvgIpc) is 3.11. The third-order valence-electron chi connectivity index (χ3n) is 2.78. The van der Waals surface area contributed by atoms with Crippen molar-refractivity contribution < 1.29 is 9.21 Å². The first kappa shape index (κ1) is 15.0. The van der Waals surface area contributed by atoms with Crippen molar-refractivity contribution in [3.05, 3.63) is 30.2 Å². The second-order valence-corrected chi connectivity index (χ2v) is 6.84. The van der Waals surface area contributed by atoms with Gasteiger partial charge in [-0.3, -0.25) is 4.79 Å². The maximum Gasteiger partial charge on any atom is 0.277 e. The molecule has 0 fully saturated rings. The molecule has 0 unspecified atom stereocenters. The van der Waals surface area contributed by atoms with Crippen molar-refractivity contribution in [1.29, 1.82) is 0 Å². The molecule has 1 amide bonds. The number of thioether (sulfide) groups is 1. The summed E-state index contributed by atoms with van der Waals surface area (Å²) in [6, 6.07) is 7.76. The van der Waals surface area contributed by atoms with Gasteiger partial charge in [0.05, 0.1) is 16.0 Å². The van der Waals surface area contributed by atoms with Crippen molar-refractivity contribution in [2.24, 2.45) is 0 Å². The van der Waals surface area contributed by atoms with Crippen LogP contribution >= 0.6 is 23.1 Å². The number of hydrogen-bond donors (Lipinski definition) is 1. The molecule has 0 saturated carbocycles. The van der Waals surface area contributed by atoms with Gasteiger partial charge in [-0.15, -0.1) is 10.2 Å². The molecule has 1 N–H and O–H groups in total. The molecule has 0 saturated heterocycles. The number of carbonyl (C=O) groups excluding carboxylic acids is 1. The first-order valence-electron chi connectivity index (χ1n) is 6.73. The second-order valence-electron chi connectivity index (χ2n) is 4.88. The number of aromatic nitrogens is 3.